The first-order valence-corrected chi connectivity index (χ1v) is 8.29. The fourth-order valence-electron chi connectivity index (χ4n) is 3.86. The maximum absolute atomic E-state index is 13.0. The molecule has 0 bridgehead atoms. The zero-order valence-corrected chi connectivity index (χ0v) is 14.2. The molecule has 3 nitrogen and oxygen atoms in total. The average molecular weight is 329 g/mol. The Morgan fingerprint density at radius 1 is 0.840 bits per heavy atom. The molecule has 1 amide bonds. The van der Waals surface area contributed by atoms with Gasteiger partial charge in [-0.15, -0.1) is 0 Å². The molecular weight excluding hydrogens is 310 g/mol. The van der Waals surface area contributed by atoms with E-state index in [1.54, 1.807) is 17.0 Å². The van der Waals surface area contributed by atoms with Gasteiger partial charge >= 0.3 is 0 Å². The predicted molar refractivity (Wildman–Crippen MR) is 97.7 cm³/mol. The van der Waals surface area contributed by atoms with Crippen LogP contribution in [0, 0.1) is 6.92 Å². The van der Waals surface area contributed by atoms with Crippen LogP contribution < -0.4 is 0 Å². The highest BCUT2D eigenvalue weighted by Gasteiger charge is 2.50. The van der Waals surface area contributed by atoms with Crippen LogP contribution in [0.25, 0.3) is 0 Å². The third-order valence-corrected chi connectivity index (χ3v) is 5.11. The second-order valence-corrected chi connectivity index (χ2v) is 6.53. The third-order valence-electron chi connectivity index (χ3n) is 5.11. The van der Waals surface area contributed by atoms with Gasteiger partial charge in [-0.25, -0.2) is 0 Å². The zero-order chi connectivity index (χ0) is 17.6. The molecule has 4 rings (SSSR count). The van der Waals surface area contributed by atoms with Crippen molar-refractivity contribution < 1.29 is 9.90 Å². The summed E-state index contributed by atoms with van der Waals surface area (Å²) in [4.78, 5) is 14.8. The van der Waals surface area contributed by atoms with Gasteiger partial charge in [-0.2, -0.15) is 0 Å². The number of phenols is 1. The summed E-state index contributed by atoms with van der Waals surface area (Å²) in [7, 11) is 1.84. The summed E-state index contributed by atoms with van der Waals surface area (Å²) in [5.41, 5.74) is 4.15. The average Bonchev–Trinajstić information content (AvgIpc) is 2.86. The Morgan fingerprint density at radius 2 is 1.40 bits per heavy atom. The minimum atomic E-state index is -0.699. The van der Waals surface area contributed by atoms with Crippen LogP contribution in [0.4, 0.5) is 0 Å². The van der Waals surface area contributed by atoms with Crippen LogP contribution in [-0.4, -0.2) is 23.0 Å². The van der Waals surface area contributed by atoms with Crippen LogP contribution in [0.1, 0.15) is 32.6 Å². The van der Waals surface area contributed by atoms with E-state index in [9.17, 15) is 9.90 Å². The first kappa shape index (κ1) is 15.5. The van der Waals surface area contributed by atoms with Crippen molar-refractivity contribution in [2.24, 2.45) is 0 Å². The third kappa shape index (κ3) is 2.09. The fourth-order valence-corrected chi connectivity index (χ4v) is 3.86. The van der Waals surface area contributed by atoms with Gasteiger partial charge < -0.3 is 10.0 Å². The Labute approximate surface area is 147 Å². The number of hydrogen-bond acceptors (Lipinski definition) is 2. The first-order valence-electron chi connectivity index (χ1n) is 8.29. The molecule has 3 heteroatoms. The van der Waals surface area contributed by atoms with Gasteiger partial charge in [0.15, 0.2) is 0 Å². The van der Waals surface area contributed by atoms with Crippen molar-refractivity contribution in [1.82, 2.24) is 4.90 Å². The van der Waals surface area contributed by atoms with Crippen molar-refractivity contribution in [2.45, 2.75) is 12.5 Å². The fraction of sp³-hybridized carbons (Fsp3) is 0.136. The van der Waals surface area contributed by atoms with Gasteiger partial charge in [0.1, 0.15) is 11.3 Å². The molecule has 1 aliphatic heterocycles. The molecule has 0 saturated carbocycles. The van der Waals surface area contributed by atoms with E-state index in [0.29, 0.717) is 0 Å². The topological polar surface area (TPSA) is 40.5 Å². The second-order valence-electron chi connectivity index (χ2n) is 6.53. The van der Waals surface area contributed by atoms with Gasteiger partial charge in [0, 0.05) is 12.6 Å². The maximum Gasteiger partial charge on any atom is 0.255 e. The molecule has 0 aliphatic carbocycles. The lowest BCUT2D eigenvalue weighted by Gasteiger charge is -2.38. The van der Waals surface area contributed by atoms with Crippen molar-refractivity contribution in [1.29, 1.82) is 0 Å². The lowest BCUT2D eigenvalue weighted by Crippen LogP contribution is -2.43. The summed E-state index contributed by atoms with van der Waals surface area (Å²) >= 11 is 0. The van der Waals surface area contributed by atoms with E-state index in [4.69, 9.17) is 0 Å². The quantitative estimate of drug-likeness (QED) is 0.770. The molecule has 1 aliphatic rings. The molecule has 124 valence electrons. The number of phenolic OH excluding ortho intramolecular Hbond substituents is 1. The Bertz CT molecular complexity index is 897. The summed E-state index contributed by atoms with van der Waals surface area (Å²) in [6, 6.07) is 23.2. The Hall–Kier alpha value is -3.07. The molecule has 25 heavy (non-hydrogen) atoms. The van der Waals surface area contributed by atoms with Crippen molar-refractivity contribution in [3.05, 3.63) is 101 Å². The Balaban J connectivity index is 2.08. The molecule has 0 fully saturated rings. The number of nitrogens with zero attached hydrogens (tertiary/aromatic N) is 1. The second kappa shape index (κ2) is 5.49. The molecule has 1 N–H and O–H groups in total. The van der Waals surface area contributed by atoms with Crippen LogP contribution in [0.3, 0.4) is 0 Å². The zero-order valence-electron chi connectivity index (χ0n) is 14.2. The van der Waals surface area contributed by atoms with Gasteiger partial charge in [-0.05, 0) is 41.8 Å². The van der Waals surface area contributed by atoms with Crippen molar-refractivity contribution in [2.75, 3.05) is 7.05 Å². The Kier molecular flexibility index (Phi) is 3.39. The van der Waals surface area contributed by atoms with E-state index in [0.717, 1.165) is 22.3 Å². The van der Waals surface area contributed by atoms with Gasteiger partial charge in [0.05, 0.1) is 0 Å². The molecule has 0 radical (unpaired) electrons. The van der Waals surface area contributed by atoms with E-state index in [1.165, 1.54) is 5.56 Å². The predicted octanol–water partition coefficient (Wildman–Crippen LogP) is 4.08. The summed E-state index contributed by atoms with van der Waals surface area (Å²) in [6.07, 6.45) is 0. The van der Waals surface area contributed by atoms with Crippen molar-refractivity contribution in [3.8, 4) is 5.75 Å². The largest absolute Gasteiger partial charge is 0.508 e. The molecule has 0 spiro atoms. The molecular formula is C22H19NO2. The number of aryl methyl sites for hydroxylation is 1. The van der Waals surface area contributed by atoms with E-state index < -0.39 is 5.54 Å². The smallest absolute Gasteiger partial charge is 0.255 e. The highest BCUT2D eigenvalue weighted by atomic mass is 16.3. The molecule has 1 unspecified atom stereocenters. The van der Waals surface area contributed by atoms with Crippen molar-refractivity contribution in [3.63, 3.8) is 0 Å². The number of hydrogen-bond donors (Lipinski definition) is 1. The van der Waals surface area contributed by atoms with Crippen LogP contribution in [0.5, 0.6) is 5.75 Å². The SMILES string of the molecule is Cc1ccc(C2(c3ccc(O)cc3)c3ccccc3C(=O)N2C)cc1. The number of amides is 1. The number of rotatable bonds is 2. The van der Waals surface area contributed by atoms with Crippen molar-refractivity contribution >= 4 is 5.91 Å². The summed E-state index contributed by atoms with van der Waals surface area (Å²) in [5, 5.41) is 9.72. The number of benzene rings is 3. The summed E-state index contributed by atoms with van der Waals surface area (Å²) in [5.74, 6) is 0.215. The van der Waals surface area contributed by atoms with E-state index in [1.807, 2.05) is 43.4 Å². The van der Waals surface area contributed by atoms with Gasteiger partial charge in [0.2, 0.25) is 0 Å². The maximum atomic E-state index is 13.0. The van der Waals surface area contributed by atoms with Crippen LogP contribution in [-0.2, 0) is 5.54 Å². The normalized spacial score (nSPS) is 19.1. The van der Waals surface area contributed by atoms with Gasteiger partial charge in [-0.3, -0.25) is 4.79 Å². The molecule has 0 saturated heterocycles. The first-order chi connectivity index (χ1) is 12.0. The highest BCUT2D eigenvalue weighted by molar-refractivity contribution is 6.01. The van der Waals surface area contributed by atoms with E-state index in [-0.39, 0.29) is 11.7 Å². The minimum absolute atomic E-state index is 0.00394. The van der Waals surface area contributed by atoms with E-state index in [2.05, 4.69) is 31.2 Å². The minimum Gasteiger partial charge on any atom is -0.508 e. The lowest BCUT2D eigenvalue weighted by molar-refractivity contribution is 0.0736. The number of carbonyl (C=O) groups excluding carboxylic acids is 1. The lowest BCUT2D eigenvalue weighted by atomic mass is 9.77. The monoisotopic (exact) mass is 329 g/mol. The van der Waals surface area contributed by atoms with Crippen LogP contribution >= 0.6 is 0 Å². The molecule has 0 aromatic heterocycles. The highest BCUT2D eigenvalue weighted by Crippen LogP contribution is 2.48. The summed E-state index contributed by atoms with van der Waals surface area (Å²) < 4.78 is 0. The standard InChI is InChI=1S/C22H19NO2/c1-15-7-9-16(10-8-15)22(17-11-13-18(24)14-12-17)20-6-4-3-5-19(20)21(25)23(22)2/h3-14,24H,1-2H3. The molecule has 3 aromatic rings. The number of carbonyl (C=O) groups is 1. The summed E-state index contributed by atoms with van der Waals surface area (Å²) in [6.45, 7) is 2.05. The number of fused-ring (bicyclic) bond motifs is 1. The van der Waals surface area contributed by atoms with Gasteiger partial charge in [0.25, 0.3) is 5.91 Å². The van der Waals surface area contributed by atoms with Crippen LogP contribution in [0.15, 0.2) is 72.8 Å². The molecule has 1 heterocycles. The Morgan fingerprint density at radius 3 is 2.04 bits per heavy atom. The molecule has 3 aromatic carbocycles. The van der Waals surface area contributed by atoms with Crippen LogP contribution in [0.2, 0.25) is 0 Å². The number of aromatic hydroxyl groups is 1. The van der Waals surface area contributed by atoms with Gasteiger partial charge in [-0.1, -0.05) is 60.2 Å². The van der Waals surface area contributed by atoms with E-state index >= 15 is 0 Å². The molecule has 1 atom stereocenters.